The maximum absolute atomic E-state index is 11.1. The molecule has 5 heteroatoms. The van der Waals surface area contributed by atoms with Crippen LogP contribution in [0.4, 0.5) is 0 Å². The molecular formula is C18H24INO3. The highest BCUT2D eigenvalue weighted by Crippen LogP contribution is 2.41. The molecule has 1 fully saturated rings. The Kier molecular flexibility index (Phi) is 4.38. The number of hydrogen-bond donors (Lipinski definition) is 2. The predicted octanol–water partition coefficient (Wildman–Crippen LogP) is 4.04. The number of benzene rings is 1. The first-order chi connectivity index (χ1) is 10.7. The number of hydrogen-bond acceptors (Lipinski definition) is 3. The normalized spacial score (nSPS) is 27.4. The molecule has 1 aromatic carbocycles. The molecule has 1 aliphatic carbocycles. The van der Waals surface area contributed by atoms with Crippen molar-refractivity contribution >= 4 is 28.6 Å². The summed E-state index contributed by atoms with van der Waals surface area (Å²) in [5, 5.41) is 12.7. The van der Waals surface area contributed by atoms with E-state index < -0.39 is 5.97 Å². The van der Waals surface area contributed by atoms with Crippen molar-refractivity contribution in [1.29, 1.82) is 0 Å². The molecule has 126 valence electrons. The zero-order valence-electron chi connectivity index (χ0n) is 13.9. The Labute approximate surface area is 151 Å². The van der Waals surface area contributed by atoms with Crippen molar-refractivity contribution in [2.24, 2.45) is 5.92 Å². The second-order valence-corrected chi connectivity index (χ2v) is 8.92. The van der Waals surface area contributed by atoms with Crippen molar-refractivity contribution in [2.45, 2.75) is 64.1 Å². The Morgan fingerprint density at radius 3 is 2.57 bits per heavy atom. The molecule has 4 nitrogen and oxygen atoms in total. The van der Waals surface area contributed by atoms with Crippen molar-refractivity contribution < 1.29 is 14.6 Å². The number of fused-ring (bicyclic) bond motifs is 1. The quantitative estimate of drug-likeness (QED) is 0.662. The van der Waals surface area contributed by atoms with Gasteiger partial charge in [-0.1, -0.05) is 26.8 Å². The van der Waals surface area contributed by atoms with E-state index in [1.807, 2.05) is 0 Å². The summed E-state index contributed by atoms with van der Waals surface area (Å²) < 4.78 is 7.52. The maximum atomic E-state index is 11.1. The fourth-order valence-electron chi connectivity index (χ4n) is 3.43. The first kappa shape index (κ1) is 17.0. The minimum absolute atomic E-state index is 0.115. The largest absolute Gasteiger partial charge is 0.481 e. The zero-order chi connectivity index (χ0) is 16.8. The summed E-state index contributed by atoms with van der Waals surface area (Å²) in [6.07, 6.45) is 2.85. The van der Waals surface area contributed by atoms with E-state index in [4.69, 9.17) is 4.74 Å². The molecule has 2 N–H and O–H groups in total. The number of carbonyl (C=O) groups is 1. The third-order valence-corrected chi connectivity index (χ3v) is 5.83. The summed E-state index contributed by atoms with van der Waals surface area (Å²) in [5.74, 6) is 0.0707. The monoisotopic (exact) mass is 429 g/mol. The van der Waals surface area contributed by atoms with Crippen LogP contribution in [0.1, 0.15) is 57.6 Å². The molecule has 23 heavy (non-hydrogen) atoms. The molecule has 3 rings (SSSR count). The molecular weight excluding hydrogens is 405 g/mol. The highest BCUT2D eigenvalue weighted by Gasteiger charge is 2.42. The van der Waals surface area contributed by atoms with Gasteiger partial charge in [0.05, 0.1) is 9.49 Å². The minimum Gasteiger partial charge on any atom is -0.481 e. The van der Waals surface area contributed by atoms with E-state index >= 15 is 0 Å². The molecule has 0 unspecified atom stereocenters. The van der Waals surface area contributed by atoms with Crippen molar-refractivity contribution in [2.75, 3.05) is 0 Å². The summed E-state index contributed by atoms with van der Waals surface area (Å²) in [5.41, 5.74) is 2.25. The molecule has 1 aromatic rings. The number of carboxylic acid groups (broad SMARTS) is 1. The molecule has 0 radical (unpaired) electrons. The molecule has 0 aromatic heterocycles. The summed E-state index contributed by atoms with van der Waals surface area (Å²) >= 11 is 2.36. The van der Waals surface area contributed by atoms with E-state index in [-0.39, 0.29) is 17.1 Å². The fourth-order valence-corrected chi connectivity index (χ4v) is 4.22. The van der Waals surface area contributed by atoms with Crippen LogP contribution in [-0.2, 0) is 16.8 Å². The Hall–Kier alpha value is -0.820. The van der Waals surface area contributed by atoms with E-state index in [2.05, 4.69) is 60.8 Å². The highest BCUT2D eigenvalue weighted by atomic mass is 127. The zero-order valence-corrected chi connectivity index (χ0v) is 16.1. The lowest BCUT2D eigenvalue weighted by molar-refractivity contribution is -0.145. The molecule has 2 aliphatic rings. The summed E-state index contributed by atoms with van der Waals surface area (Å²) in [6, 6.07) is 4.45. The number of nitrogens with one attached hydrogen (secondary N) is 1. The Bertz CT molecular complexity index is 628. The van der Waals surface area contributed by atoms with Crippen LogP contribution in [0.25, 0.3) is 0 Å². The lowest BCUT2D eigenvalue weighted by atomic mass is 9.82. The van der Waals surface area contributed by atoms with Crippen LogP contribution in [0.5, 0.6) is 5.75 Å². The Morgan fingerprint density at radius 2 is 2.00 bits per heavy atom. The van der Waals surface area contributed by atoms with Gasteiger partial charge in [-0.15, -0.1) is 0 Å². The molecule has 1 saturated carbocycles. The number of carboxylic acids is 1. The maximum Gasteiger partial charge on any atom is 0.306 e. The summed E-state index contributed by atoms with van der Waals surface area (Å²) in [6.45, 7) is 7.44. The highest BCUT2D eigenvalue weighted by molar-refractivity contribution is 14.1. The Morgan fingerprint density at radius 1 is 1.35 bits per heavy atom. The van der Waals surface area contributed by atoms with Crippen molar-refractivity contribution in [3.05, 3.63) is 26.8 Å². The lowest BCUT2D eigenvalue weighted by Gasteiger charge is -2.44. The van der Waals surface area contributed by atoms with Gasteiger partial charge in [-0.25, -0.2) is 0 Å². The van der Waals surface area contributed by atoms with Gasteiger partial charge in [-0.05, 0) is 52.5 Å². The van der Waals surface area contributed by atoms with Crippen LogP contribution in [0, 0.1) is 9.49 Å². The number of halogens is 1. The molecule has 0 atom stereocenters. The van der Waals surface area contributed by atoms with Crippen LogP contribution in [-0.4, -0.2) is 16.8 Å². The van der Waals surface area contributed by atoms with E-state index in [1.54, 1.807) is 0 Å². The van der Waals surface area contributed by atoms with Crippen molar-refractivity contribution in [3.8, 4) is 5.75 Å². The van der Waals surface area contributed by atoms with Gasteiger partial charge in [0.15, 0.2) is 5.72 Å². The van der Waals surface area contributed by atoms with Crippen molar-refractivity contribution in [1.82, 2.24) is 5.32 Å². The van der Waals surface area contributed by atoms with Gasteiger partial charge >= 0.3 is 5.97 Å². The third kappa shape index (κ3) is 3.36. The van der Waals surface area contributed by atoms with Crippen LogP contribution in [0.3, 0.4) is 0 Å². The van der Waals surface area contributed by atoms with E-state index in [9.17, 15) is 9.90 Å². The van der Waals surface area contributed by atoms with Crippen LogP contribution < -0.4 is 10.1 Å². The standard InChI is InChI=1S/C18H24INO3/c1-17(2,3)13-8-12-10-20-18(23-15(12)14(19)9-13)6-4-11(5-7-18)16(21)22/h8-9,11,20H,4-7,10H2,1-3H3,(H,21,22). The van der Waals surface area contributed by atoms with Crippen LogP contribution in [0.2, 0.25) is 0 Å². The summed E-state index contributed by atoms with van der Waals surface area (Å²) in [7, 11) is 0. The average Bonchev–Trinajstić information content (AvgIpc) is 2.47. The molecule has 1 spiro atoms. The van der Waals surface area contributed by atoms with Gasteiger partial charge in [0.25, 0.3) is 0 Å². The summed E-state index contributed by atoms with van der Waals surface area (Å²) in [4.78, 5) is 11.1. The van der Waals surface area contributed by atoms with Gasteiger partial charge in [0.1, 0.15) is 5.75 Å². The van der Waals surface area contributed by atoms with Gasteiger partial charge in [-0.3, -0.25) is 10.1 Å². The van der Waals surface area contributed by atoms with Crippen LogP contribution >= 0.6 is 22.6 Å². The van der Waals surface area contributed by atoms with Gasteiger partial charge in [-0.2, -0.15) is 0 Å². The predicted molar refractivity (Wildman–Crippen MR) is 97.7 cm³/mol. The van der Waals surface area contributed by atoms with E-state index in [1.165, 1.54) is 11.1 Å². The third-order valence-electron chi connectivity index (χ3n) is 5.03. The second-order valence-electron chi connectivity index (χ2n) is 7.76. The fraction of sp³-hybridized carbons (Fsp3) is 0.611. The SMILES string of the molecule is CC(C)(C)c1cc(I)c2c(c1)CNC1(CCC(C(=O)O)CC1)O2. The second kappa shape index (κ2) is 5.92. The molecule has 1 aliphatic heterocycles. The number of rotatable bonds is 1. The van der Waals surface area contributed by atoms with Crippen LogP contribution in [0.15, 0.2) is 12.1 Å². The number of ether oxygens (including phenoxy) is 1. The first-order valence-corrected chi connectivity index (χ1v) is 9.28. The van der Waals surface area contributed by atoms with Gasteiger partial charge in [0.2, 0.25) is 0 Å². The van der Waals surface area contributed by atoms with Gasteiger partial charge in [0, 0.05) is 24.9 Å². The molecule has 0 saturated heterocycles. The van der Waals surface area contributed by atoms with E-state index in [0.717, 1.165) is 28.7 Å². The van der Waals surface area contributed by atoms with Crippen molar-refractivity contribution in [3.63, 3.8) is 0 Å². The minimum atomic E-state index is -0.680. The lowest BCUT2D eigenvalue weighted by Crippen LogP contribution is -2.55. The van der Waals surface area contributed by atoms with E-state index in [0.29, 0.717) is 12.8 Å². The average molecular weight is 429 g/mol. The molecule has 1 heterocycles. The smallest absolute Gasteiger partial charge is 0.306 e. The molecule has 0 bridgehead atoms. The Balaban J connectivity index is 1.83. The topological polar surface area (TPSA) is 58.6 Å². The number of aliphatic carboxylic acids is 1. The first-order valence-electron chi connectivity index (χ1n) is 8.20. The molecule has 0 amide bonds. The van der Waals surface area contributed by atoms with Gasteiger partial charge < -0.3 is 9.84 Å².